The van der Waals surface area contributed by atoms with E-state index >= 15 is 0 Å². The lowest BCUT2D eigenvalue weighted by molar-refractivity contribution is -0.385. The Hall–Kier alpha value is -3.75. The summed E-state index contributed by atoms with van der Waals surface area (Å²) < 4.78 is 21.7. The van der Waals surface area contributed by atoms with Crippen molar-refractivity contribution in [3.63, 3.8) is 0 Å². The Labute approximate surface area is 178 Å². The van der Waals surface area contributed by atoms with Crippen molar-refractivity contribution < 1.29 is 28.7 Å². The predicted molar refractivity (Wildman–Crippen MR) is 111 cm³/mol. The third-order valence-corrected chi connectivity index (χ3v) is 5.02. The van der Waals surface area contributed by atoms with Gasteiger partial charge >= 0.3 is 0 Å². The monoisotopic (exact) mass is 426 g/mol. The van der Waals surface area contributed by atoms with Crippen LogP contribution in [0, 0.1) is 16.0 Å². The van der Waals surface area contributed by atoms with Gasteiger partial charge in [-0.2, -0.15) is 0 Å². The molecule has 0 aliphatic carbocycles. The molecule has 0 fully saturated rings. The fourth-order valence-electron chi connectivity index (χ4n) is 3.49. The number of nitro benzene ring substituents is 1. The Morgan fingerprint density at radius 2 is 1.71 bits per heavy atom. The fourth-order valence-corrected chi connectivity index (χ4v) is 3.49. The Kier molecular flexibility index (Phi) is 5.66. The van der Waals surface area contributed by atoms with Crippen molar-refractivity contribution >= 4 is 17.7 Å². The number of fused-ring (bicyclic) bond motifs is 2. The smallest absolute Gasteiger partial charge is 0.280 e. The molecule has 4 rings (SSSR count). The second-order valence-corrected chi connectivity index (χ2v) is 7.49. The van der Waals surface area contributed by atoms with E-state index in [1.807, 2.05) is 32.0 Å². The molecule has 2 aromatic rings. The lowest BCUT2D eigenvalue weighted by Gasteiger charge is -2.25. The van der Waals surface area contributed by atoms with Crippen LogP contribution in [0.3, 0.4) is 0 Å². The molecule has 0 saturated heterocycles. The van der Waals surface area contributed by atoms with Crippen molar-refractivity contribution in [2.75, 3.05) is 20.0 Å². The van der Waals surface area contributed by atoms with E-state index in [1.54, 1.807) is 0 Å². The number of hydrogen-bond acceptors (Lipinski definition) is 7. The van der Waals surface area contributed by atoms with Gasteiger partial charge in [0, 0.05) is 6.08 Å². The molecule has 1 N–H and O–H groups in total. The van der Waals surface area contributed by atoms with E-state index in [0.717, 1.165) is 5.56 Å². The quantitative estimate of drug-likeness (QED) is 0.427. The number of nitro groups is 1. The van der Waals surface area contributed by atoms with Crippen molar-refractivity contribution in [3.8, 4) is 23.0 Å². The molecule has 2 aliphatic heterocycles. The zero-order valence-electron chi connectivity index (χ0n) is 17.1. The van der Waals surface area contributed by atoms with E-state index in [4.69, 9.17) is 18.9 Å². The molecular formula is C22H22N2O7. The minimum absolute atomic E-state index is 0.00570. The number of amides is 1. The number of nitrogens with one attached hydrogen (secondary N) is 1. The average molecular weight is 426 g/mol. The maximum absolute atomic E-state index is 12.6. The van der Waals surface area contributed by atoms with Crippen molar-refractivity contribution in [2.24, 2.45) is 5.92 Å². The predicted octanol–water partition coefficient (Wildman–Crippen LogP) is 3.62. The summed E-state index contributed by atoms with van der Waals surface area (Å²) in [4.78, 5) is 23.5. The van der Waals surface area contributed by atoms with Crippen LogP contribution in [0.25, 0.3) is 6.08 Å². The topological polar surface area (TPSA) is 109 Å². The molecule has 0 saturated carbocycles. The third kappa shape index (κ3) is 4.40. The maximum atomic E-state index is 12.6. The minimum Gasteiger partial charge on any atom is -0.486 e. The molecule has 0 spiro atoms. The largest absolute Gasteiger partial charge is 0.486 e. The highest BCUT2D eigenvalue weighted by Gasteiger charge is 2.23. The second kappa shape index (κ2) is 8.55. The molecule has 1 amide bonds. The lowest BCUT2D eigenvalue weighted by Crippen LogP contribution is -2.30. The first-order chi connectivity index (χ1) is 14.9. The summed E-state index contributed by atoms with van der Waals surface area (Å²) >= 11 is 0. The maximum Gasteiger partial charge on any atom is 0.280 e. The number of carbonyl (C=O) groups excluding carboxylic acids is 1. The Morgan fingerprint density at radius 3 is 2.42 bits per heavy atom. The summed E-state index contributed by atoms with van der Waals surface area (Å²) in [5.41, 5.74) is 0.973. The van der Waals surface area contributed by atoms with E-state index in [9.17, 15) is 14.9 Å². The Morgan fingerprint density at radius 1 is 1.03 bits per heavy atom. The van der Waals surface area contributed by atoms with Gasteiger partial charge in [0.1, 0.15) is 13.2 Å². The molecule has 0 radical (unpaired) electrons. The second-order valence-electron chi connectivity index (χ2n) is 7.49. The Bertz CT molecular complexity index is 1050. The molecule has 0 aromatic heterocycles. The van der Waals surface area contributed by atoms with Crippen molar-refractivity contribution in [1.82, 2.24) is 5.32 Å². The van der Waals surface area contributed by atoms with Crippen molar-refractivity contribution in [2.45, 2.75) is 19.9 Å². The summed E-state index contributed by atoms with van der Waals surface area (Å²) in [6.07, 6.45) is 2.68. The molecule has 2 aliphatic rings. The van der Waals surface area contributed by atoms with Gasteiger partial charge in [0.15, 0.2) is 23.0 Å². The van der Waals surface area contributed by atoms with Gasteiger partial charge in [-0.15, -0.1) is 0 Å². The van der Waals surface area contributed by atoms with Crippen LogP contribution in [-0.2, 0) is 4.79 Å². The van der Waals surface area contributed by atoms with Gasteiger partial charge in [0.05, 0.1) is 22.6 Å². The summed E-state index contributed by atoms with van der Waals surface area (Å²) in [5.74, 6) is 1.77. The van der Waals surface area contributed by atoms with E-state index < -0.39 is 4.92 Å². The molecule has 2 heterocycles. The third-order valence-electron chi connectivity index (χ3n) is 5.02. The number of ether oxygens (including phenoxy) is 4. The van der Waals surface area contributed by atoms with Gasteiger partial charge in [0.25, 0.3) is 5.69 Å². The van der Waals surface area contributed by atoms with Crippen LogP contribution in [0.2, 0.25) is 0 Å². The molecule has 9 heteroatoms. The van der Waals surface area contributed by atoms with Crippen LogP contribution < -0.4 is 24.3 Å². The molecule has 9 nitrogen and oxygen atoms in total. The summed E-state index contributed by atoms with van der Waals surface area (Å²) in [6, 6.07) is 8.10. The van der Waals surface area contributed by atoms with Crippen LogP contribution >= 0.6 is 0 Å². The van der Waals surface area contributed by atoms with Crippen molar-refractivity contribution in [3.05, 3.63) is 57.6 Å². The first kappa shape index (κ1) is 20.5. The van der Waals surface area contributed by atoms with E-state index in [0.29, 0.717) is 36.2 Å². The van der Waals surface area contributed by atoms with Crippen LogP contribution in [0.1, 0.15) is 31.0 Å². The zero-order valence-corrected chi connectivity index (χ0v) is 17.1. The average Bonchev–Trinajstić information content (AvgIpc) is 3.22. The number of nitrogens with zero attached hydrogens (tertiary/aromatic N) is 1. The standard InChI is InChI=1S/C22H22N2O7/c1-13(2)22(15-3-5-17-18(10-15)29-8-7-28-17)23-21(25)6-4-14-9-19-20(31-12-30-19)11-16(14)24(26)27/h3-6,9-11,13,22H,7-8,12H2,1-2H3,(H,23,25)/b6-4+. The van der Waals surface area contributed by atoms with E-state index in [-0.39, 0.29) is 35.9 Å². The highest BCUT2D eigenvalue weighted by Crippen LogP contribution is 2.38. The summed E-state index contributed by atoms with van der Waals surface area (Å²) in [5, 5.41) is 14.4. The first-order valence-corrected chi connectivity index (χ1v) is 9.88. The highest BCUT2D eigenvalue weighted by atomic mass is 16.7. The normalized spacial score (nSPS) is 15.2. The number of benzene rings is 2. The van der Waals surface area contributed by atoms with Crippen LogP contribution in [-0.4, -0.2) is 30.8 Å². The molecule has 1 unspecified atom stereocenters. The highest BCUT2D eigenvalue weighted by molar-refractivity contribution is 5.92. The zero-order chi connectivity index (χ0) is 22.0. The molecule has 0 bridgehead atoms. The minimum atomic E-state index is -0.522. The molecule has 2 aromatic carbocycles. The fraction of sp³-hybridized carbons (Fsp3) is 0.318. The molecular weight excluding hydrogens is 404 g/mol. The van der Waals surface area contributed by atoms with Crippen LogP contribution in [0.5, 0.6) is 23.0 Å². The SMILES string of the molecule is CC(C)C(NC(=O)/C=C/c1cc2c(cc1[N+](=O)[O-])OCO2)c1ccc2c(c1)OCCO2. The summed E-state index contributed by atoms with van der Waals surface area (Å²) in [6.45, 7) is 4.98. The first-order valence-electron chi connectivity index (χ1n) is 9.88. The van der Waals surface area contributed by atoms with E-state index in [2.05, 4.69) is 5.32 Å². The van der Waals surface area contributed by atoms with Crippen molar-refractivity contribution in [1.29, 1.82) is 0 Å². The molecule has 31 heavy (non-hydrogen) atoms. The molecule has 1 atom stereocenters. The molecule has 162 valence electrons. The van der Waals surface area contributed by atoms with Gasteiger partial charge in [-0.3, -0.25) is 14.9 Å². The number of carbonyl (C=O) groups is 1. The Balaban J connectivity index is 1.53. The number of hydrogen-bond donors (Lipinski definition) is 1. The lowest BCUT2D eigenvalue weighted by atomic mass is 9.95. The van der Waals surface area contributed by atoms with Gasteiger partial charge in [-0.05, 0) is 35.8 Å². The van der Waals surface area contributed by atoms with E-state index in [1.165, 1.54) is 24.3 Å². The van der Waals surface area contributed by atoms with Crippen LogP contribution in [0.15, 0.2) is 36.4 Å². The van der Waals surface area contributed by atoms with Gasteiger partial charge in [0.2, 0.25) is 12.7 Å². The number of rotatable bonds is 6. The summed E-state index contributed by atoms with van der Waals surface area (Å²) in [7, 11) is 0. The van der Waals surface area contributed by atoms with Gasteiger partial charge in [-0.1, -0.05) is 19.9 Å². The van der Waals surface area contributed by atoms with Crippen LogP contribution in [0.4, 0.5) is 5.69 Å². The van der Waals surface area contributed by atoms with Gasteiger partial charge in [-0.25, -0.2) is 0 Å². The van der Waals surface area contributed by atoms with Gasteiger partial charge < -0.3 is 24.3 Å².